The first-order valence-corrected chi connectivity index (χ1v) is 8.30. The molecule has 0 atom stereocenters. The maximum Gasteiger partial charge on any atom is 0.159 e. The van der Waals surface area contributed by atoms with Crippen molar-refractivity contribution in [2.24, 2.45) is 5.41 Å². The Hall–Kier alpha value is -0.960. The zero-order valence-corrected chi connectivity index (χ0v) is 13.1. The van der Waals surface area contributed by atoms with Gasteiger partial charge in [-0.05, 0) is 74.7 Å². The first-order valence-electron chi connectivity index (χ1n) is 8.30. The Kier molecular flexibility index (Phi) is 6.16. The van der Waals surface area contributed by atoms with E-state index in [0.29, 0.717) is 5.41 Å². The number of rotatable bonds is 8. The number of hydrogen-bond donors (Lipinski definition) is 1. The maximum atomic E-state index is 13.3. The molecule has 1 nitrogen and oxygen atoms in total. The summed E-state index contributed by atoms with van der Waals surface area (Å²) in [5, 5.41) is 3.49. The topological polar surface area (TPSA) is 12.0 Å². The Morgan fingerprint density at radius 3 is 2.48 bits per heavy atom. The average Bonchev–Trinajstić information content (AvgIpc) is 2.94. The van der Waals surface area contributed by atoms with Crippen molar-refractivity contribution < 1.29 is 8.78 Å². The number of nitrogens with one attached hydrogen (secondary N) is 1. The summed E-state index contributed by atoms with van der Waals surface area (Å²) in [6.07, 6.45) is 9.50. The Balaban J connectivity index is 1.88. The van der Waals surface area contributed by atoms with E-state index in [0.717, 1.165) is 31.5 Å². The molecule has 1 fully saturated rings. The van der Waals surface area contributed by atoms with Crippen LogP contribution in [-0.2, 0) is 6.42 Å². The lowest BCUT2D eigenvalue weighted by Crippen LogP contribution is -2.26. The van der Waals surface area contributed by atoms with Crippen LogP contribution in [0.1, 0.15) is 57.4 Å². The minimum Gasteiger partial charge on any atom is -0.317 e. The van der Waals surface area contributed by atoms with Crippen LogP contribution in [0.5, 0.6) is 0 Å². The van der Waals surface area contributed by atoms with Gasteiger partial charge in [0.1, 0.15) is 0 Å². The molecule has 0 amide bonds. The largest absolute Gasteiger partial charge is 0.317 e. The van der Waals surface area contributed by atoms with Gasteiger partial charge in [0, 0.05) is 0 Å². The summed E-state index contributed by atoms with van der Waals surface area (Å²) >= 11 is 0. The summed E-state index contributed by atoms with van der Waals surface area (Å²) in [6, 6.07) is 4.32. The van der Waals surface area contributed by atoms with Gasteiger partial charge in [-0.3, -0.25) is 0 Å². The summed E-state index contributed by atoms with van der Waals surface area (Å²) in [4.78, 5) is 0. The van der Waals surface area contributed by atoms with Gasteiger partial charge in [0.05, 0.1) is 0 Å². The highest BCUT2D eigenvalue weighted by Gasteiger charge is 2.32. The second kappa shape index (κ2) is 7.88. The lowest BCUT2D eigenvalue weighted by atomic mass is 9.77. The molecule has 1 aliphatic carbocycles. The molecular weight excluding hydrogens is 268 g/mol. The standard InChI is InChI=1S/C18H27F2N/c1-2-12-21-13-11-18(8-3-4-9-18)10-7-15-5-6-16(19)17(20)14-15/h5-6,14,21H,2-4,7-13H2,1H3. The van der Waals surface area contributed by atoms with Crippen LogP contribution >= 0.6 is 0 Å². The molecule has 2 rings (SSSR count). The predicted octanol–water partition coefficient (Wildman–Crippen LogP) is 4.85. The van der Waals surface area contributed by atoms with Crippen LogP contribution in [0.4, 0.5) is 8.78 Å². The molecule has 1 aromatic carbocycles. The molecule has 1 aliphatic rings. The van der Waals surface area contributed by atoms with Gasteiger partial charge in [0.2, 0.25) is 0 Å². The van der Waals surface area contributed by atoms with Crippen molar-refractivity contribution in [1.29, 1.82) is 0 Å². The van der Waals surface area contributed by atoms with Gasteiger partial charge >= 0.3 is 0 Å². The van der Waals surface area contributed by atoms with Crippen LogP contribution < -0.4 is 5.32 Å². The highest BCUT2D eigenvalue weighted by atomic mass is 19.2. The molecule has 0 spiro atoms. The lowest BCUT2D eigenvalue weighted by Gasteiger charge is -2.29. The molecule has 0 aliphatic heterocycles. The normalized spacial score (nSPS) is 17.3. The van der Waals surface area contributed by atoms with Crippen LogP contribution in [0, 0.1) is 17.0 Å². The summed E-state index contributed by atoms with van der Waals surface area (Å²) in [5.41, 5.74) is 1.33. The number of halogens is 2. The van der Waals surface area contributed by atoms with E-state index in [1.807, 2.05) is 0 Å². The second-order valence-electron chi connectivity index (χ2n) is 6.46. The van der Waals surface area contributed by atoms with Gasteiger partial charge < -0.3 is 5.32 Å². The molecule has 1 saturated carbocycles. The third-order valence-corrected chi connectivity index (χ3v) is 4.85. The van der Waals surface area contributed by atoms with Gasteiger partial charge in [-0.1, -0.05) is 25.8 Å². The Morgan fingerprint density at radius 1 is 1.05 bits per heavy atom. The zero-order valence-electron chi connectivity index (χ0n) is 13.1. The van der Waals surface area contributed by atoms with Crippen molar-refractivity contribution in [3.63, 3.8) is 0 Å². The predicted molar refractivity (Wildman–Crippen MR) is 83.4 cm³/mol. The third kappa shape index (κ3) is 4.77. The van der Waals surface area contributed by atoms with E-state index in [9.17, 15) is 8.78 Å². The minimum atomic E-state index is -0.752. The summed E-state index contributed by atoms with van der Waals surface area (Å²) in [7, 11) is 0. The molecule has 3 heteroatoms. The van der Waals surface area contributed by atoms with Gasteiger partial charge in [-0.2, -0.15) is 0 Å². The van der Waals surface area contributed by atoms with Crippen LogP contribution in [0.15, 0.2) is 18.2 Å². The summed E-state index contributed by atoms with van der Waals surface area (Å²) < 4.78 is 26.2. The summed E-state index contributed by atoms with van der Waals surface area (Å²) in [6.45, 7) is 4.34. The first-order chi connectivity index (χ1) is 10.2. The quantitative estimate of drug-likeness (QED) is 0.676. The molecular formula is C18H27F2N. The average molecular weight is 295 g/mol. The van der Waals surface area contributed by atoms with E-state index in [1.165, 1.54) is 50.7 Å². The highest BCUT2D eigenvalue weighted by molar-refractivity contribution is 5.18. The van der Waals surface area contributed by atoms with Crippen LogP contribution in [0.2, 0.25) is 0 Å². The lowest BCUT2D eigenvalue weighted by molar-refractivity contribution is 0.245. The molecule has 21 heavy (non-hydrogen) atoms. The first kappa shape index (κ1) is 16.4. The SMILES string of the molecule is CCCNCCC1(CCc2ccc(F)c(F)c2)CCCC1. The maximum absolute atomic E-state index is 13.3. The van der Waals surface area contributed by atoms with Crippen LogP contribution in [-0.4, -0.2) is 13.1 Å². The van der Waals surface area contributed by atoms with Gasteiger partial charge in [0.15, 0.2) is 11.6 Å². The highest BCUT2D eigenvalue weighted by Crippen LogP contribution is 2.44. The monoisotopic (exact) mass is 295 g/mol. The fourth-order valence-corrected chi connectivity index (χ4v) is 3.51. The van der Waals surface area contributed by atoms with Crippen molar-refractivity contribution in [3.8, 4) is 0 Å². The van der Waals surface area contributed by atoms with Gasteiger partial charge in [-0.15, -0.1) is 0 Å². The van der Waals surface area contributed by atoms with Crippen molar-refractivity contribution >= 4 is 0 Å². The molecule has 0 unspecified atom stereocenters. The molecule has 0 aromatic heterocycles. The Labute approximate surface area is 127 Å². The van der Waals surface area contributed by atoms with Gasteiger partial charge in [0.25, 0.3) is 0 Å². The van der Waals surface area contributed by atoms with Crippen LogP contribution in [0.3, 0.4) is 0 Å². The molecule has 1 N–H and O–H groups in total. The van der Waals surface area contributed by atoms with E-state index >= 15 is 0 Å². The van der Waals surface area contributed by atoms with E-state index in [1.54, 1.807) is 6.07 Å². The smallest absolute Gasteiger partial charge is 0.159 e. The molecule has 0 radical (unpaired) electrons. The van der Waals surface area contributed by atoms with Gasteiger partial charge in [-0.25, -0.2) is 8.78 Å². The number of hydrogen-bond acceptors (Lipinski definition) is 1. The van der Waals surface area contributed by atoms with Crippen molar-refractivity contribution in [3.05, 3.63) is 35.4 Å². The second-order valence-corrected chi connectivity index (χ2v) is 6.46. The van der Waals surface area contributed by atoms with E-state index in [4.69, 9.17) is 0 Å². The molecule has 0 bridgehead atoms. The van der Waals surface area contributed by atoms with E-state index < -0.39 is 11.6 Å². The Morgan fingerprint density at radius 2 is 1.81 bits per heavy atom. The molecule has 0 heterocycles. The third-order valence-electron chi connectivity index (χ3n) is 4.85. The van der Waals surface area contributed by atoms with Crippen molar-refractivity contribution in [1.82, 2.24) is 5.32 Å². The minimum absolute atomic E-state index is 0.408. The molecule has 1 aromatic rings. The number of aryl methyl sites for hydroxylation is 1. The zero-order chi connectivity index (χ0) is 15.1. The fourth-order valence-electron chi connectivity index (χ4n) is 3.51. The number of benzene rings is 1. The summed E-state index contributed by atoms with van der Waals surface area (Å²) in [5.74, 6) is -1.48. The van der Waals surface area contributed by atoms with Crippen molar-refractivity contribution in [2.75, 3.05) is 13.1 Å². The molecule has 118 valence electrons. The molecule has 0 saturated heterocycles. The van der Waals surface area contributed by atoms with E-state index in [2.05, 4.69) is 12.2 Å². The van der Waals surface area contributed by atoms with Crippen molar-refractivity contribution in [2.45, 2.75) is 58.3 Å². The Bertz CT molecular complexity index is 439. The van der Waals surface area contributed by atoms with E-state index in [-0.39, 0.29) is 0 Å². The fraction of sp³-hybridized carbons (Fsp3) is 0.667. The van der Waals surface area contributed by atoms with Crippen LogP contribution in [0.25, 0.3) is 0 Å².